The van der Waals surface area contributed by atoms with Crippen molar-refractivity contribution >= 4 is 0 Å². The molecule has 142 valence electrons. The summed E-state index contributed by atoms with van der Waals surface area (Å²) < 4.78 is 29.4. The highest BCUT2D eigenvalue weighted by Crippen LogP contribution is 2.29. The molecule has 2 aromatic carbocycles. The van der Waals surface area contributed by atoms with Gasteiger partial charge in [0.2, 0.25) is 0 Å². The molecule has 5 nitrogen and oxygen atoms in total. The lowest BCUT2D eigenvalue weighted by Crippen LogP contribution is -2.12. The van der Waals surface area contributed by atoms with E-state index in [1.54, 1.807) is 19.2 Å². The van der Waals surface area contributed by atoms with Gasteiger partial charge >= 0.3 is 0 Å². The van der Waals surface area contributed by atoms with Crippen molar-refractivity contribution in [2.45, 2.75) is 33.5 Å². The third-order valence-corrected chi connectivity index (χ3v) is 4.35. The van der Waals surface area contributed by atoms with Crippen LogP contribution in [0.1, 0.15) is 28.1 Å². The topological polar surface area (TPSA) is 56.5 Å². The van der Waals surface area contributed by atoms with Crippen LogP contribution in [0.3, 0.4) is 0 Å². The maximum absolute atomic E-state index is 12.9. The summed E-state index contributed by atoms with van der Waals surface area (Å²) in [5, 5.41) is 7.27. The van der Waals surface area contributed by atoms with Gasteiger partial charge in [0.1, 0.15) is 18.2 Å². The second kappa shape index (κ2) is 8.68. The first kappa shape index (κ1) is 18.9. The van der Waals surface area contributed by atoms with Gasteiger partial charge in [0.15, 0.2) is 11.5 Å². The van der Waals surface area contributed by atoms with Crippen molar-refractivity contribution in [1.29, 1.82) is 0 Å². The van der Waals surface area contributed by atoms with Crippen molar-refractivity contribution in [3.63, 3.8) is 0 Å². The molecule has 0 amide bonds. The molecule has 3 aromatic rings. The summed E-state index contributed by atoms with van der Waals surface area (Å²) >= 11 is 0. The number of aromatic nitrogens is 1. The average molecular weight is 370 g/mol. The van der Waals surface area contributed by atoms with Gasteiger partial charge in [-0.15, -0.1) is 0 Å². The summed E-state index contributed by atoms with van der Waals surface area (Å²) in [4.78, 5) is 0. The minimum absolute atomic E-state index is 0.226. The zero-order valence-corrected chi connectivity index (χ0v) is 15.7. The van der Waals surface area contributed by atoms with Crippen molar-refractivity contribution in [2.24, 2.45) is 0 Å². The summed E-state index contributed by atoms with van der Waals surface area (Å²) in [6.45, 7) is 5.46. The Bertz CT molecular complexity index is 871. The maximum Gasteiger partial charge on any atom is 0.161 e. The van der Waals surface area contributed by atoms with E-state index in [-0.39, 0.29) is 5.82 Å². The van der Waals surface area contributed by atoms with E-state index in [0.717, 1.165) is 28.1 Å². The quantitative estimate of drug-likeness (QED) is 0.640. The number of benzene rings is 2. The second-order valence-electron chi connectivity index (χ2n) is 6.31. The maximum atomic E-state index is 12.9. The molecule has 1 aromatic heterocycles. The summed E-state index contributed by atoms with van der Waals surface area (Å²) in [6.07, 6.45) is 0. The van der Waals surface area contributed by atoms with Gasteiger partial charge in [-0.25, -0.2) is 4.39 Å². The van der Waals surface area contributed by atoms with E-state index in [1.807, 2.05) is 32.0 Å². The number of hydrogen-bond acceptors (Lipinski definition) is 5. The zero-order chi connectivity index (χ0) is 19.2. The molecule has 0 bridgehead atoms. The van der Waals surface area contributed by atoms with Crippen molar-refractivity contribution in [1.82, 2.24) is 10.5 Å². The lowest BCUT2D eigenvalue weighted by atomic mass is 10.1. The molecule has 0 unspecified atom stereocenters. The first-order valence-electron chi connectivity index (χ1n) is 8.73. The fourth-order valence-electron chi connectivity index (χ4n) is 2.75. The molecule has 0 radical (unpaired) electrons. The van der Waals surface area contributed by atoms with Crippen LogP contribution in [-0.4, -0.2) is 12.3 Å². The molecule has 0 aliphatic rings. The first-order valence-corrected chi connectivity index (χ1v) is 8.73. The highest BCUT2D eigenvalue weighted by atomic mass is 19.1. The van der Waals surface area contributed by atoms with Crippen LogP contribution in [-0.2, 0) is 19.7 Å². The molecule has 1 heterocycles. The fourth-order valence-corrected chi connectivity index (χ4v) is 2.75. The molecule has 27 heavy (non-hydrogen) atoms. The van der Waals surface area contributed by atoms with E-state index in [9.17, 15) is 4.39 Å². The minimum Gasteiger partial charge on any atom is -0.493 e. The van der Waals surface area contributed by atoms with Crippen LogP contribution in [0.15, 0.2) is 47.0 Å². The molecular formula is C21H23FN2O3. The van der Waals surface area contributed by atoms with Gasteiger partial charge in [-0.3, -0.25) is 0 Å². The summed E-state index contributed by atoms with van der Waals surface area (Å²) in [7, 11) is 1.62. The van der Waals surface area contributed by atoms with Crippen LogP contribution in [0.4, 0.5) is 4.39 Å². The molecule has 0 saturated carbocycles. The van der Waals surface area contributed by atoms with Crippen molar-refractivity contribution in [3.05, 3.63) is 76.4 Å². The smallest absolute Gasteiger partial charge is 0.161 e. The molecule has 0 aliphatic carbocycles. The van der Waals surface area contributed by atoms with Crippen molar-refractivity contribution < 1.29 is 18.4 Å². The van der Waals surface area contributed by atoms with Gasteiger partial charge in [-0.1, -0.05) is 23.4 Å². The SMILES string of the molecule is COc1cc(CNCc2ccc(F)cc2)ccc1OCc1c(C)noc1C. The lowest BCUT2D eigenvalue weighted by Gasteiger charge is -2.13. The Kier molecular flexibility index (Phi) is 6.08. The number of methoxy groups -OCH3 is 1. The lowest BCUT2D eigenvalue weighted by molar-refractivity contribution is 0.281. The van der Waals surface area contributed by atoms with Crippen LogP contribution in [0.5, 0.6) is 11.5 Å². The summed E-state index contributed by atoms with van der Waals surface area (Å²) in [5.74, 6) is 1.87. The standard InChI is InChI=1S/C21H23FN2O3/c1-14-19(15(2)27-24-14)13-26-20-9-6-17(10-21(20)25-3)12-23-11-16-4-7-18(22)8-5-16/h4-10,23H,11-13H2,1-3H3. The average Bonchev–Trinajstić information content (AvgIpc) is 3.00. The molecule has 0 atom stereocenters. The van der Waals surface area contributed by atoms with Crippen LogP contribution in [0, 0.1) is 19.7 Å². The minimum atomic E-state index is -0.226. The molecule has 0 saturated heterocycles. The first-order chi connectivity index (χ1) is 13.1. The number of nitrogens with zero attached hydrogens (tertiary/aromatic N) is 1. The van der Waals surface area contributed by atoms with Crippen LogP contribution < -0.4 is 14.8 Å². The Hall–Kier alpha value is -2.86. The molecule has 3 rings (SSSR count). The van der Waals surface area contributed by atoms with E-state index in [1.165, 1.54) is 12.1 Å². The van der Waals surface area contributed by atoms with Gasteiger partial charge in [0, 0.05) is 13.1 Å². The monoisotopic (exact) mass is 370 g/mol. The van der Waals surface area contributed by atoms with Gasteiger partial charge in [-0.2, -0.15) is 0 Å². The Morgan fingerprint density at radius 1 is 1.00 bits per heavy atom. The van der Waals surface area contributed by atoms with E-state index in [4.69, 9.17) is 14.0 Å². The fraction of sp³-hybridized carbons (Fsp3) is 0.286. The predicted octanol–water partition coefficient (Wildman–Crippen LogP) is 4.31. The number of aryl methyl sites for hydroxylation is 2. The van der Waals surface area contributed by atoms with Crippen LogP contribution >= 0.6 is 0 Å². The predicted molar refractivity (Wildman–Crippen MR) is 100 cm³/mol. The Morgan fingerprint density at radius 2 is 1.70 bits per heavy atom. The number of ether oxygens (including phenoxy) is 2. The van der Waals surface area contributed by atoms with Crippen molar-refractivity contribution in [3.8, 4) is 11.5 Å². The third-order valence-electron chi connectivity index (χ3n) is 4.35. The molecule has 1 N–H and O–H groups in total. The van der Waals surface area contributed by atoms with Gasteiger partial charge in [0.25, 0.3) is 0 Å². The van der Waals surface area contributed by atoms with E-state index in [2.05, 4.69) is 10.5 Å². The molecule has 0 aliphatic heterocycles. The van der Waals surface area contributed by atoms with Gasteiger partial charge in [0.05, 0.1) is 18.4 Å². The second-order valence-corrected chi connectivity index (χ2v) is 6.31. The Balaban J connectivity index is 1.59. The van der Waals surface area contributed by atoms with Gasteiger partial charge in [-0.05, 0) is 49.2 Å². The van der Waals surface area contributed by atoms with E-state index in [0.29, 0.717) is 31.2 Å². The number of halogens is 1. The Labute approximate surface area is 158 Å². The van der Waals surface area contributed by atoms with E-state index >= 15 is 0 Å². The van der Waals surface area contributed by atoms with Crippen LogP contribution in [0.2, 0.25) is 0 Å². The van der Waals surface area contributed by atoms with E-state index < -0.39 is 0 Å². The summed E-state index contributed by atoms with van der Waals surface area (Å²) in [5.41, 5.74) is 3.87. The molecular weight excluding hydrogens is 347 g/mol. The Morgan fingerprint density at radius 3 is 2.37 bits per heavy atom. The zero-order valence-electron chi connectivity index (χ0n) is 15.7. The summed E-state index contributed by atoms with van der Waals surface area (Å²) in [6, 6.07) is 12.3. The number of nitrogens with one attached hydrogen (secondary N) is 1. The largest absolute Gasteiger partial charge is 0.493 e. The van der Waals surface area contributed by atoms with Gasteiger partial charge < -0.3 is 19.3 Å². The number of hydrogen-bond donors (Lipinski definition) is 1. The highest BCUT2D eigenvalue weighted by molar-refractivity contribution is 5.43. The van der Waals surface area contributed by atoms with Crippen LogP contribution in [0.25, 0.3) is 0 Å². The normalized spacial score (nSPS) is 10.8. The molecule has 0 fully saturated rings. The highest BCUT2D eigenvalue weighted by Gasteiger charge is 2.12. The molecule has 6 heteroatoms. The number of rotatable bonds is 8. The molecule has 0 spiro atoms. The van der Waals surface area contributed by atoms with Crippen molar-refractivity contribution in [2.75, 3.05) is 7.11 Å². The third kappa shape index (κ3) is 4.86.